The fraction of sp³-hybridized carbons (Fsp3) is 0.381. The molecule has 2 amide bonds. The van der Waals surface area contributed by atoms with Gasteiger partial charge in [-0.05, 0) is 12.0 Å². The van der Waals surface area contributed by atoms with Gasteiger partial charge >= 0.3 is 0 Å². The highest BCUT2D eigenvalue weighted by Gasteiger charge is 2.31. The van der Waals surface area contributed by atoms with Crippen LogP contribution in [0.1, 0.15) is 30.5 Å². The van der Waals surface area contributed by atoms with E-state index >= 15 is 0 Å². The standard InChI is InChI=1S/C21H24N6O2/c1-15(28)22-10-12-27-21-20(23-8-9-24-21)19(25-27)17-7-11-26(14-17)18(29)13-16-5-3-2-4-6-16/h2-6,8-9,17H,7,10-14H2,1H3,(H,22,28)/t17-/m0/s1. The maximum absolute atomic E-state index is 12.7. The van der Waals surface area contributed by atoms with Gasteiger partial charge < -0.3 is 10.2 Å². The van der Waals surface area contributed by atoms with Crippen LogP contribution in [0.25, 0.3) is 11.2 Å². The molecule has 3 heterocycles. The molecule has 4 rings (SSSR count). The Hall–Kier alpha value is -3.29. The summed E-state index contributed by atoms with van der Waals surface area (Å²) in [5.74, 6) is 0.200. The number of hydrogen-bond donors (Lipinski definition) is 1. The van der Waals surface area contributed by atoms with E-state index in [-0.39, 0.29) is 17.7 Å². The lowest BCUT2D eigenvalue weighted by Gasteiger charge is -2.16. The van der Waals surface area contributed by atoms with Gasteiger partial charge in [0.25, 0.3) is 0 Å². The van der Waals surface area contributed by atoms with Crippen LogP contribution in [0, 0.1) is 0 Å². The smallest absolute Gasteiger partial charge is 0.227 e. The van der Waals surface area contributed by atoms with Crippen LogP contribution in [0.4, 0.5) is 0 Å². The monoisotopic (exact) mass is 392 g/mol. The van der Waals surface area contributed by atoms with E-state index < -0.39 is 0 Å². The molecule has 0 aliphatic carbocycles. The highest BCUT2D eigenvalue weighted by Crippen LogP contribution is 2.30. The summed E-state index contributed by atoms with van der Waals surface area (Å²) in [6, 6.07) is 9.81. The topological polar surface area (TPSA) is 93.0 Å². The van der Waals surface area contributed by atoms with Crippen LogP contribution in [0.5, 0.6) is 0 Å². The second kappa shape index (κ2) is 8.38. The molecular weight excluding hydrogens is 368 g/mol. The summed E-state index contributed by atoms with van der Waals surface area (Å²) in [4.78, 5) is 34.7. The summed E-state index contributed by atoms with van der Waals surface area (Å²) in [5, 5.41) is 7.53. The number of aromatic nitrogens is 4. The van der Waals surface area contributed by atoms with Gasteiger partial charge in [-0.1, -0.05) is 30.3 Å². The van der Waals surface area contributed by atoms with Gasteiger partial charge in [0.2, 0.25) is 11.8 Å². The quantitative estimate of drug-likeness (QED) is 0.687. The van der Waals surface area contributed by atoms with E-state index in [1.807, 2.05) is 35.2 Å². The third-order valence-corrected chi connectivity index (χ3v) is 5.22. The predicted molar refractivity (Wildman–Crippen MR) is 108 cm³/mol. The predicted octanol–water partition coefficient (Wildman–Crippen LogP) is 1.52. The van der Waals surface area contributed by atoms with Crippen LogP contribution >= 0.6 is 0 Å². The summed E-state index contributed by atoms with van der Waals surface area (Å²) >= 11 is 0. The molecule has 1 N–H and O–H groups in total. The lowest BCUT2D eigenvalue weighted by molar-refractivity contribution is -0.129. The zero-order valence-electron chi connectivity index (χ0n) is 16.4. The van der Waals surface area contributed by atoms with Gasteiger partial charge in [0.05, 0.1) is 18.7 Å². The highest BCUT2D eigenvalue weighted by molar-refractivity contribution is 5.79. The molecule has 0 bridgehead atoms. The molecule has 0 saturated carbocycles. The molecule has 0 radical (unpaired) electrons. The number of nitrogens with zero attached hydrogens (tertiary/aromatic N) is 5. The van der Waals surface area contributed by atoms with Gasteiger partial charge in [-0.25, -0.2) is 14.6 Å². The van der Waals surface area contributed by atoms with Crippen molar-refractivity contribution in [1.82, 2.24) is 30.0 Å². The van der Waals surface area contributed by atoms with Gasteiger partial charge in [-0.2, -0.15) is 5.10 Å². The third kappa shape index (κ3) is 4.26. The van der Waals surface area contributed by atoms with Crippen LogP contribution in [-0.2, 0) is 22.6 Å². The van der Waals surface area contributed by atoms with E-state index in [4.69, 9.17) is 5.10 Å². The number of hydrogen-bond acceptors (Lipinski definition) is 5. The van der Waals surface area contributed by atoms with Crippen molar-refractivity contribution in [3.8, 4) is 0 Å². The number of rotatable bonds is 6. The Labute approximate surface area is 168 Å². The number of carbonyl (C=O) groups excluding carboxylic acids is 2. The zero-order valence-corrected chi connectivity index (χ0v) is 16.4. The summed E-state index contributed by atoms with van der Waals surface area (Å²) in [6.07, 6.45) is 4.58. The first-order chi connectivity index (χ1) is 14.1. The summed E-state index contributed by atoms with van der Waals surface area (Å²) in [5.41, 5.74) is 3.39. The molecule has 3 aromatic rings. The Kier molecular flexibility index (Phi) is 5.50. The van der Waals surface area contributed by atoms with Gasteiger partial charge in [0.15, 0.2) is 5.65 Å². The molecule has 0 unspecified atom stereocenters. The molecule has 0 spiro atoms. The molecule has 1 aliphatic rings. The van der Waals surface area contributed by atoms with E-state index in [0.29, 0.717) is 31.7 Å². The second-order valence-corrected chi connectivity index (χ2v) is 7.31. The van der Waals surface area contributed by atoms with E-state index in [1.54, 1.807) is 17.1 Å². The Morgan fingerprint density at radius 3 is 2.76 bits per heavy atom. The molecule has 1 fully saturated rings. The van der Waals surface area contributed by atoms with Crippen molar-refractivity contribution in [3.63, 3.8) is 0 Å². The Morgan fingerprint density at radius 1 is 1.17 bits per heavy atom. The average Bonchev–Trinajstić information content (AvgIpc) is 3.34. The molecule has 1 aromatic carbocycles. The SMILES string of the molecule is CC(=O)NCCn1nc([C@H]2CCN(C(=O)Cc3ccccc3)C2)c2nccnc21. The molecule has 1 saturated heterocycles. The third-order valence-electron chi connectivity index (χ3n) is 5.22. The van der Waals surface area contributed by atoms with E-state index in [2.05, 4.69) is 15.3 Å². The Balaban J connectivity index is 1.48. The van der Waals surface area contributed by atoms with Crippen LogP contribution in [0.15, 0.2) is 42.7 Å². The number of likely N-dealkylation sites (tertiary alicyclic amines) is 1. The maximum atomic E-state index is 12.7. The first kappa shape index (κ1) is 19.0. The van der Waals surface area contributed by atoms with Crippen LogP contribution < -0.4 is 5.32 Å². The molecule has 150 valence electrons. The maximum Gasteiger partial charge on any atom is 0.227 e. The molecule has 1 atom stereocenters. The average molecular weight is 392 g/mol. The van der Waals surface area contributed by atoms with Gasteiger partial charge in [0, 0.05) is 44.9 Å². The van der Waals surface area contributed by atoms with Gasteiger partial charge in [0.1, 0.15) is 5.52 Å². The van der Waals surface area contributed by atoms with E-state index in [0.717, 1.165) is 29.7 Å². The number of benzene rings is 1. The normalized spacial score (nSPS) is 16.3. The molecule has 2 aromatic heterocycles. The van der Waals surface area contributed by atoms with Crippen molar-refractivity contribution < 1.29 is 9.59 Å². The van der Waals surface area contributed by atoms with Crippen molar-refractivity contribution in [2.24, 2.45) is 0 Å². The largest absolute Gasteiger partial charge is 0.354 e. The lowest BCUT2D eigenvalue weighted by atomic mass is 10.0. The minimum atomic E-state index is -0.0730. The minimum absolute atomic E-state index is 0.0730. The van der Waals surface area contributed by atoms with Crippen LogP contribution in [-0.4, -0.2) is 56.1 Å². The number of fused-ring (bicyclic) bond motifs is 1. The highest BCUT2D eigenvalue weighted by atomic mass is 16.2. The molecular formula is C21H24N6O2. The van der Waals surface area contributed by atoms with E-state index in [9.17, 15) is 9.59 Å². The van der Waals surface area contributed by atoms with Crippen molar-refractivity contribution >= 4 is 23.0 Å². The summed E-state index contributed by atoms with van der Waals surface area (Å²) in [6.45, 7) is 3.86. The van der Waals surface area contributed by atoms with Crippen molar-refractivity contribution in [2.45, 2.75) is 32.2 Å². The minimum Gasteiger partial charge on any atom is -0.354 e. The van der Waals surface area contributed by atoms with Gasteiger partial charge in [-0.15, -0.1) is 0 Å². The first-order valence-electron chi connectivity index (χ1n) is 9.85. The first-order valence-corrected chi connectivity index (χ1v) is 9.85. The van der Waals surface area contributed by atoms with Crippen molar-refractivity contribution in [2.75, 3.05) is 19.6 Å². The zero-order chi connectivity index (χ0) is 20.2. The van der Waals surface area contributed by atoms with Crippen LogP contribution in [0.2, 0.25) is 0 Å². The lowest BCUT2D eigenvalue weighted by Crippen LogP contribution is -2.30. The van der Waals surface area contributed by atoms with Gasteiger partial charge in [-0.3, -0.25) is 9.59 Å². The molecule has 8 heteroatoms. The summed E-state index contributed by atoms with van der Waals surface area (Å²) in [7, 11) is 0. The Morgan fingerprint density at radius 2 is 1.97 bits per heavy atom. The van der Waals surface area contributed by atoms with Crippen LogP contribution in [0.3, 0.4) is 0 Å². The molecule has 8 nitrogen and oxygen atoms in total. The fourth-order valence-electron chi connectivity index (χ4n) is 3.79. The molecule has 29 heavy (non-hydrogen) atoms. The van der Waals surface area contributed by atoms with Crippen molar-refractivity contribution in [1.29, 1.82) is 0 Å². The fourth-order valence-corrected chi connectivity index (χ4v) is 3.79. The Bertz CT molecular complexity index is 1020. The summed E-state index contributed by atoms with van der Waals surface area (Å²) < 4.78 is 1.79. The van der Waals surface area contributed by atoms with Crippen molar-refractivity contribution in [3.05, 3.63) is 54.0 Å². The number of amides is 2. The number of nitrogens with one attached hydrogen (secondary N) is 1. The van der Waals surface area contributed by atoms with E-state index in [1.165, 1.54) is 6.92 Å². The number of carbonyl (C=O) groups is 2. The molecule has 1 aliphatic heterocycles. The second-order valence-electron chi connectivity index (χ2n) is 7.31.